The van der Waals surface area contributed by atoms with Gasteiger partial charge in [0.1, 0.15) is 5.60 Å². The molecule has 0 aromatic rings. The van der Waals surface area contributed by atoms with Crippen molar-refractivity contribution in [3.63, 3.8) is 0 Å². The summed E-state index contributed by atoms with van der Waals surface area (Å²) in [6, 6.07) is 0. The van der Waals surface area contributed by atoms with Crippen LogP contribution in [0.15, 0.2) is 23.3 Å². The van der Waals surface area contributed by atoms with Gasteiger partial charge in [-0.25, -0.2) is 4.79 Å². The molecule has 0 saturated heterocycles. The Kier molecular flexibility index (Phi) is 4.66. The van der Waals surface area contributed by atoms with Crippen LogP contribution in [0.25, 0.3) is 0 Å². The molecule has 1 radical (unpaired) electrons. The van der Waals surface area contributed by atoms with Crippen molar-refractivity contribution in [3.05, 3.63) is 29.7 Å². The first-order chi connectivity index (χ1) is 8.58. The number of allylic oxidation sites excluding steroid dienone is 2. The Balaban J connectivity index is 2.53. The largest absolute Gasteiger partial charge is 0.444 e. The Morgan fingerprint density at radius 2 is 2.00 bits per heavy atom. The molecule has 0 spiro atoms. The first-order valence-electron chi connectivity index (χ1n) is 5.86. The maximum atomic E-state index is 12.5. The maximum absolute atomic E-state index is 12.5. The minimum absolute atomic E-state index is 0.0162. The van der Waals surface area contributed by atoms with Crippen LogP contribution in [0.3, 0.4) is 0 Å². The number of hydrogen-bond donors (Lipinski definition) is 1. The number of ether oxygens (including phenoxy) is 1. The number of halogens is 3. The van der Waals surface area contributed by atoms with Gasteiger partial charge in [0.2, 0.25) is 0 Å². The highest BCUT2D eigenvalue weighted by Gasteiger charge is 2.34. The van der Waals surface area contributed by atoms with Crippen LogP contribution in [0.5, 0.6) is 0 Å². The predicted octanol–water partition coefficient (Wildman–Crippen LogP) is 3.53. The van der Waals surface area contributed by atoms with Crippen molar-refractivity contribution in [2.45, 2.75) is 39.0 Å². The van der Waals surface area contributed by atoms with E-state index in [1.807, 2.05) is 0 Å². The molecule has 1 rings (SSSR count). The van der Waals surface area contributed by atoms with E-state index in [0.717, 1.165) is 12.5 Å². The summed E-state index contributed by atoms with van der Waals surface area (Å²) < 4.78 is 42.5. The first-order valence-corrected chi connectivity index (χ1v) is 5.86. The van der Waals surface area contributed by atoms with Crippen molar-refractivity contribution in [1.82, 2.24) is 5.32 Å². The van der Waals surface area contributed by atoms with Gasteiger partial charge in [0.15, 0.2) is 0 Å². The van der Waals surface area contributed by atoms with Gasteiger partial charge in [-0.05, 0) is 45.3 Å². The molecule has 0 aromatic heterocycles. The second-order valence-corrected chi connectivity index (χ2v) is 5.17. The number of hydrogen-bond acceptors (Lipinski definition) is 2. The lowest BCUT2D eigenvalue weighted by atomic mass is 9.99. The van der Waals surface area contributed by atoms with Crippen molar-refractivity contribution < 1.29 is 22.7 Å². The molecule has 3 nitrogen and oxygen atoms in total. The molecule has 0 fully saturated rings. The minimum atomic E-state index is -4.36. The van der Waals surface area contributed by atoms with Gasteiger partial charge in [0.05, 0.1) is 0 Å². The van der Waals surface area contributed by atoms with Crippen LogP contribution in [0.1, 0.15) is 27.2 Å². The second-order valence-electron chi connectivity index (χ2n) is 5.17. The number of alkyl carbamates (subject to hydrolysis) is 1. The Morgan fingerprint density at radius 1 is 1.37 bits per heavy atom. The Hall–Kier alpha value is -1.46. The molecule has 6 heteroatoms. The third-order valence-electron chi connectivity index (χ3n) is 2.22. The standard InChI is InChI=1S/C13H17F3NO2/c1-12(2,3)19-11(18)17-8-9-5-4-6-10(7-9)13(14,15)16/h5-7H,4,8H2,1-3H3,(H,17,18). The molecule has 0 aliphatic heterocycles. The molecule has 0 heterocycles. The number of amides is 1. The van der Waals surface area contributed by atoms with Crippen LogP contribution in [0.4, 0.5) is 18.0 Å². The van der Waals surface area contributed by atoms with Gasteiger partial charge in [0, 0.05) is 12.1 Å². The molecule has 1 aliphatic rings. The van der Waals surface area contributed by atoms with E-state index in [1.165, 1.54) is 0 Å². The number of alkyl halides is 3. The van der Waals surface area contributed by atoms with E-state index in [4.69, 9.17) is 4.74 Å². The lowest BCUT2D eigenvalue weighted by Crippen LogP contribution is -2.33. The minimum Gasteiger partial charge on any atom is -0.444 e. The van der Waals surface area contributed by atoms with Crippen molar-refractivity contribution >= 4 is 6.09 Å². The quantitative estimate of drug-likeness (QED) is 0.837. The van der Waals surface area contributed by atoms with Gasteiger partial charge >= 0.3 is 12.3 Å². The van der Waals surface area contributed by atoms with Crippen molar-refractivity contribution in [2.24, 2.45) is 0 Å². The number of rotatable bonds is 2. The molecular weight excluding hydrogens is 259 g/mol. The summed E-state index contributed by atoms with van der Waals surface area (Å²) in [7, 11) is 0. The van der Waals surface area contributed by atoms with Crippen molar-refractivity contribution in [1.29, 1.82) is 0 Å². The van der Waals surface area contributed by atoms with E-state index in [2.05, 4.69) is 5.32 Å². The number of carbonyl (C=O) groups excluding carboxylic acids is 1. The van der Waals surface area contributed by atoms with Gasteiger partial charge in [0.25, 0.3) is 0 Å². The van der Waals surface area contributed by atoms with Crippen LogP contribution in [-0.2, 0) is 4.74 Å². The highest BCUT2D eigenvalue weighted by atomic mass is 19.4. The highest BCUT2D eigenvalue weighted by molar-refractivity contribution is 5.68. The highest BCUT2D eigenvalue weighted by Crippen LogP contribution is 2.31. The van der Waals surface area contributed by atoms with Crippen LogP contribution in [0, 0.1) is 6.42 Å². The summed E-state index contributed by atoms with van der Waals surface area (Å²) >= 11 is 0. The molecule has 1 N–H and O–H groups in total. The summed E-state index contributed by atoms with van der Waals surface area (Å²) in [5, 5.41) is 2.43. The van der Waals surface area contributed by atoms with E-state index in [1.54, 1.807) is 26.8 Å². The molecule has 19 heavy (non-hydrogen) atoms. The Labute approximate surface area is 110 Å². The van der Waals surface area contributed by atoms with Crippen LogP contribution in [0.2, 0.25) is 0 Å². The molecule has 0 bridgehead atoms. The summed E-state index contributed by atoms with van der Waals surface area (Å²) in [6.07, 6.45) is -1.03. The van der Waals surface area contributed by atoms with Crippen molar-refractivity contribution in [3.8, 4) is 0 Å². The fraction of sp³-hybridized carbons (Fsp3) is 0.538. The zero-order valence-corrected chi connectivity index (χ0v) is 11.1. The first kappa shape index (κ1) is 15.6. The van der Waals surface area contributed by atoms with E-state index < -0.39 is 23.4 Å². The molecule has 0 unspecified atom stereocenters. The van der Waals surface area contributed by atoms with E-state index in [0.29, 0.717) is 5.57 Å². The third kappa shape index (κ3) is 5.81. The van der Waals surface area contributed by atoms with Gasteiger partial charge < -0.3 is 10.1 Å². The molecule has 1 aliphatic carbocycles. The lowest BCUT2D eigenvalue weighted by molar-refractivity contribution is -0.0901. The van der Waals surface area contributed by atoms with E-state index in [-0.39, 0.29) is 13.0 Å². The van der Waals surface area contributed by atoms with Crippen molar-refractivity contribution in [2.75, 3.05) is 6.54 Å². The van der Waals surface area contributed by atoms with Gasteiger partial charge in [-0.3, -0.25) is 0 Å². The summed E-state index contributed by atoms with van der Waals surface area (Å²) in [5.41, 5.74) is -0.900. The van der Waals surface area contributed by atoms with Gasteiger partial charge in [-0.15, -0.1) is 0 Å². The fourth-order valence-corrected chi connectivity index (χ4v) is 1.46. The van der Waals surface area contributed by atoms with E-state index in [9.17, 15) is 18.0 Å². The normalized spacial score (nSPS) is 16.5. The average molecular weight is 276 g/mol. The average Bonchev–Trinajstić information content (AvgIpc) is 2.23. The summed E-state index contributed by atoms with van der Waals surface area (Å²) in [6.45, 7) is 5.15. The third-order valence-corrected chi connectivity index (χ3v) is 2.22. The number of nitrogens with one attached hydrogen (secondary N) is 1. The fourth-order valence-electron chi connectivity index (χ4n) is 1.46. The second kappa shape index (κ2) is 5.67. The van der Waals surface area contributed by atoms with Crippen LogP contribution >= 0.6 is 0 Å². The monoisotopic (exact) mass is 276 g/mol. The molecular formula is C13H17F3NO2. The topological polar surface area (TPSA) is 38.3 Å². The molecule has 107 valence electrons. The predicted molar refractivity (Wildman–Crippen MR) is 65.4 cm³/mol. The lowest BCUT2D eigenvalue weighted by Gasteiger charge is -2.20. The molecule has 0 saturated carbocycles. The summed E-state index contributed by atoms with van der Waals surface area (Å²) in [5.74, 6) is 0. The van der Waals surface area contributed by atoms with E-state index >= 15 is 0 Å². The van der Waals surface area contributed by atoms with Crippen LogP contribution < -0.4 is 5.32 Å². The Bertz CT molecular complexity index is 403. The smallest absolute Gasteiger partial charge is 0.413 e. The zero-order valence-electron chi connectivity index (χ0n) is 11.1. The molecule has 0 atom stereocenters. The molecule has 1 amide bonds. The van der Waals surface area contributed by atoms with Gasteiger partial charge in [-0.2, -0.15) is 13.2 Å². The zero-order chi connectivity index (χ0) is 14.7. The SMILES string of the molecule is CC(C)(C)OC(=O)NCC1=CC[CH]C(C(F)(F)F)=C1. The van der Waals surface area contributed by atoms with Gasteiger partial charge in [-0.1, -0.05) is 6.08 Å². The van der Waals surface area contributed by atoms with Crippen LogP contribution in [-0.4, -0.2) is 24.4 Å². The molecule has 0 aromatic carbocycles. The Morgan fingerprint density at radius 3 is 2.53 bits per heavy atom. The maximum Gasteiger partial charge on any atom is 0.413 e. The number of carbonyl (C=O) groups is 1. The summed E-state index contributed by atoms with van der Waals surface area (Å²) in [4.78, 5) is 11.4.